The maximum absolute atomic E-state index is 12.6. The Balaban J connectivity index is 1.33. The summed E-state index contributed by atoms with van der Waals surface area (Å²) in [4.78, 5) is 36.7. The number of hydrogen-bond donors (Lipinski definition) is 3. The average molecular weight is 465 g/mol. The van der Waals surface area contributed by atoms with Crippen LogP contribution in [-0.4, -0.2) is 41.3 Å². The Hall–Kier alpha value is -3.35. The first-order valence-electron chi connectivity index (χ1n) is 11.7. The normalized spacial score (nSPS) is 16.7. The van der Waals surface area contributed by atoms with E-state index in [1.54, 1.807) is 0 Å². The van der Waals surface area contributed by atoms with E-state index in [0.717, 1.165) is 22.3 Å². The van der Waals surface area contributed by atoms with Crippen molar-refractivity contribution in [2.24, 2.45) is 5.41 Å². The van der Waals surface area contributed by atoms with Gasteiger partial charge >= 0.3 is 12.1 Å². The Kier molecular flexibility index (Phi) is 6.39. The highest BCUT2D eigenvalue weighted by Crippen LogP contribution is 2.44. The summed E-state index contributed by atoms with van der Waals surface area (Å²) in [7, 11) is 0. The fourth-order valence-electron chi connectivity index (χ4n) is 4.71. The molecule has 2 amide bonds. The SMILES string of the molecule is CC(C)(C)CC(NC(=O)CC1(NC(=O)OCC2c3ccccc3-c3ccccc32)CC1)C(=O)O. The number of aliphatic carboxylic acids is 1. The maximum Gasteiger partial charge on any atom is 0.407 e. The van der Waals surface area contributed by atoms with Gasteiger partial charge in [0.05, 0.1) is 5.54 Å². The van der Waals surface area contributed by atoms with Crippen molar-refractivity contribution in [3.05, 3.63) is 59.7 Å². The molecule has 1 saturated carbocycles. The standard InChI is InChI=1S/C27H32N2O5/c1-26(2,3)14-22(24(31)32)28-23(30)15-27(12-13-27)29-25(33)34-16-21-19-10-6-4-8-17(19)18-9-5-7-11-20(18)21/h4-11,21-22H,12-16H2,1-3H3,(H,28,30)(H,29,33)(H,31,32). The Labute approximate surface area is 199 Å². The summed E-state index contributed by atoms with van der Waals surface area (Å²) >= 11 is 0. The zero-order valence-corrected chi connectivity index (χ0v) is 19.9. The van der Waals surface area contributed by atoms with Crippen LogP contribution in [-0.2, 0) is 14.3 Å². The number of hydrogen-bond acceptors (Lipinski definition) is 4. The molecule has 2 aliphatic rings. The third-order valence-corrected chi connectivity index (χ3v) is 6.51. The minimum atomic E-state index is -1.06. The van der Waals surface area contributed by atoms with Crippen molar-refractivity contribution < 1.29 is 24.2 Å². The first-order chi connectivity index (χ1) is 16.1. The zero-order chi connectivity index (χ0) is 24.5. The summed E-state index contributed by atoms with van der Waals surface area (Å²) in [5.74, 6) is -1.48. The van der Waals surface area contributed by atoms with Gasteiger partial charge in [0, 0.05) is 12.3 Å². The molecular weight excluding hydrogens is 432 g/mol. The molecule has 0 spiro atoms. The highest BCUT2D eigenvalue weighted by molar-refractivity contribution is 5.85. The first kappa shape index (κ1) is 23.8. The van der Waals surface area contributed by atoms with Gasteiger partial charge in [-0.25, -0.2) is 9.59 Å². The molecule has 2 aliphatic carbocycles. The molecule has 0 bridgehead atoms. The number of carboxylic acid groups (broad SMARTS) is 1. The van der Waals surface area contributed by atoms with E-state index in [1.807, 2.05) is 45.0 Å². The molecule has 7 nitrogen and oxygen atoms in total. The summed E-state index contributed by atoms with van der Waals surface area (Å²) in [5, 5.41) is 14.9. The third-order valence-electron chi connectivity index (χ3n) is 6.51. The molecule has 2 aromatic carbocycles. The largest absolute Gasteiger partial charge is 0.480 e. The monoisotopic (exact) mass is 464 g/mol. The molecule has 4 rings (SSSR count). The summed E-state index contributed by atoms with van der Waals surface area (Å²) < 4.78 is 5.61. The number of carboxylic acids is 1. The first-order valence-corrected chi connectivity index (χ1v) is 11.7. The fourth-order valence-corrected chi connectivity index (χ4v) is 4.71. The van der Waals surface area contributed by atoms with E-state index in [1.165, 1.54) is 0 Å². The van der Waals surface area contributed by atoms with E-state index in [2.05, 4.69) is 34.9 Å². The third kappa shape index (κ3) is 5.41. The highest BCUT2D eigenvalue weighted by atomic mass is 16.5. The summed E-state index contributed by atoms with van der Waals surface area (Å²) in [6.07, 6.45) is 1.10. The highest BCUT2D eigenvalue weighted by Gasteiger charge is 2.47. The van der Waals surface area contributed by atoms with E-state index in [4.69, 9.17) is 4.74 Å². The van der Waals surface area contributed by atoms with Gasteiger partial charge in [-0.1, -0.05) is 69.3 Å². The van der Waals surface area contributed by atoms with Gasteiger partial charge in [0.25, 0.3) is 0 Å². The Morgan fingerprint density at radius 2 is 1.59 bits per heavy atom. The van der Waals surface area contributed by atoms with Gasteiger partial charge in [-0.05, 0) is 46.9 Å². The minimum Gasteiger partial charge on any atom is -0.480 e. The molecule has 3 N–H and O–H groups in total. The van der Waals surface area contributed by atoms with Gasteiger partial charge in [-0.2, -0.15) is 0 Å². The molecule has 0 aromatic heterocycles. The second-order valence-corrected chi connectivity index (χ2v) is 10.6. The van der Waals surface area contributed by atoms with E-state index < -0.39 is 23.6 Å². The van der Waals surface area contributed by atoms with Gasteiger partial charge in [-0.3, -0.25) is 4.79 Å². The molecule has 1 fully saturated rings. The lowest BCUT2D eigenvalue weighted by Crippen LogP contribution is -2.47. The predicted molar refractivity (Wildman–Crippen MR) is 128 cm³/mol. The lowest BCUT2D eigenvalue weighted by molar-refractivity contribution is -0.142. The molecule has 180 valence electrons. The van der Waals surface area contributed by atoms with Crippen LogP contribution in [0.4, 0.5) is 4.79 Å². The van der Waals surface area contributed by atoms with Crippen molar-refractivity contribution in [1.82, 2.24) is 10.6 Å². The molecule has 7 heteroatoms. The number of amides is 2. The van der Waals surface area contributed by atoms with Crippen molar-refractivity contribution in [3.8, 4) is 11.1 Å². The van der Waals surface area contributed by atoms with Crippen LogP contribution in [0.1, 0.15) is 63.5 Å². The fraction of sp³-hybridized carbons (Fsp3) is 0.444. The summed E-state index contributed by atoms with van der Waals surface area (Å²) in [5.41, 5.74) is 3.67. The number of carbonyl (C=O) groups is 3. The van der Waals surface area contributed by atoms with Gasteiger partial charge < -0.3 is 20.5 Å². The number of fused-ring (bicyclic) bond motifs is 3. The smallest absolute Gasteiger partial charge is 0.407 e. The van der Waals surface area contributed by atoms with Crippen LogP contribution in [0.2, 0.25) is 0 Å². The number of ether oxygens (including phenoxy) is 1. The Morgan fingerprint density at radius 1 is 1.03 bits per heavy atom. The van der Waals surface area contributed by atoms with E-state index in [9.17, 15) is 19.5 Å². The number of carbonyl (C=O) groups excluding carboxylic acids is 2. The molecule has 0 heterocycles. The van der Waals surface area contributed by atoms with Crippen molar-refractivity contribution in [2.75, 3.05) is 6.61 Å². The molecule has 0 radical (unpaired) electrons. The van der Waals surface area contributed by atoms with Crippen molar-refractivity contribution in [1.29, 1.82) is 0 Å². The molecule has 1 unspecified atom stereocenters. The van der Waals surface area contributed by atoms with Crippen molar-refractivity contribution >= 4 is 18.0 Å². The van der Waals surface area contributed by atoms with Crippen LogP contribution in [0, 0.1) is 5.41 Å². The molecule has 34 heavy (non-hydrogen) atoms. The van der Waals surface area contributed by atoms with Crippen LogP contribution < -0.4 is 10.6 Å². The number of alkyl carbamates (subject to hydrolysis) is 1. The van der Waals surface area contributed by atoms with Crippen LogP contribution in [0.5, 0.6) is 0 Å². The minimum absolute atomic E-state index is 0.0329. The molecule has 0 aliphatic heterocycles. The molecule has 2 aromatic rings. The topological polar surface area (TPSA) is 105 Å². The number of rotatable bonds is 8. The zero-order valence-electron chi connectivity index (χ0n) is 19.9. The van der Waals surface area contributed by atoms with Crippen LogP contribution in [0.25, 0.3) is 11.1 Å². The van der Waals surface area contributed by atoms with Gasteiger partial charge in [0.15, 0.2) is 0 Å². The van der Waals surface area contributed by atoms with Crippen LogP contribution >= 0.6 is 0 Å². The van der Waals surface area contributed by atoms with E-state index in [-0.39, 0.29) is 30.3 Å². The predicted octanol–water partition coefficient (Wildman–Crippen LogP) is 4.45. The Bertz CT molecular complexity index is 1050. The molecule has 0 saturated heterocycles. The van der Waals surface area contributed by atoms with Crippen LogP contribution in [0.15, 0.2) is 48.5 Å². The molecule has 1 atom stereocenters. The lowest BCUT2D eigenvalue weighted by Gasteiger charge is -2.25. The van der Waals surface area contributed by atoms with Gasteiger partial charge in [0.1, 0.15) is 12.6 Å². The Morgan fingerprint density at radius 3 is 2.09 bits per heavy atom. The summed E-state index contributed by atoms with van der Waals surface area (Å²) in [6, 6.07) is 15.3. The maximum atomic E-state index is 12.6. The van der Waals surface area contributed by atoms with E-state index >= 15 is 0 Å². The van der Waals surface area contributed by atoms with Crippen LogP contribution in [0.3, 0.4) is 0 Å². The molecular formula is C27H32N2O5. The van der Waals surface area contributed by atoms with Crippen molar-refractivity contribution in [3.63, 3.8) is 0 Å². The quantitative estimate of drug-likeness (QED) is 0.535. The van der Waals surface area contributed by atoms with Crippen molar-refractivity contribution in [2.45, 2.75) is 64.0 Å². The second kappa shape index (κ2) is 9.12. The summed E-state index contributed by atoms with van der Waals surface area (Å²) in [6.45, 7) is 5.98. The second-order valence-electron chi connectivity index (χ2n) is 10.6. The van der Waals surface area contributed by atoms with Gasteiger partial charge in [0.2, 0.25) is 5.91 Å². The average Bonchev–Trinajstić information content (AvgIpc) is 3.43. The van der Waals surface area contributed by atoms with Gasteiger partial charge in [-0.15, -0.1) is 0 Å². The number of nitrogens with one attached hydrogen (secondary N) is 2. The van der Waals surface area contributed by atoms with E-state index in [0.29, 0.717) is 19.3 Å². The number of benzene rings is 2. The lowest BCUT2D eigenvalue weighted by atomic mass is 9.88.